The van der Waals surface area contributed by atoms with E-state index in [1.807, 2.05) is 24.3 Å². The minimum Gasteiger partial charge on any atom is -0.496 e. The zero-order valence-corrected chi connectivity index (χ0v) is 11.6. The van der Waals surface area contributed by atoms with Crippen molar-refractivity contribution in [2.24, 2.45) is 5.73 Å². The summed E-state index contributed by atoms with van der Waals surface area (Å²) in [6.45, 7) is 0. The number of hydrogen-bond acceptors (Lipinski definition) is 4. The van der Waals surface area contributed by atoms with Crippen LogP contribution < -0.4 is 10.5 Å². The molecule has 2 aromatic carbocycles. The van der Waals surface area contributed by atoms with Crippen LogP contribution in [0.25, 0.3) is 11.1 Å². The van der Waals surface area contributed by atoms with E-state index in [2.05, 4.69) is 0 Å². The second-order valence-corrected chi connectivity index (χ2v) is 4.61. The molecule has 21 heavy (non-hydrogen) atoms. The van der Waals surface area contributed by atoms with Crippen molar-refractivity contribution in [1.82, 2.24) is 0 Å². The quantitative estimate of drug-likeness (QED) is 0.771. The molecule has 0 saturated carbocycles. The van der Waals surface area contributed by atoms with E-state index in [0.717, 1.165) is 16.9 Å². The summed E-state index contributed by atoms with van der Waals surface area (Å²) < 4.78 is 5.30. The maximum atomic E-state index is 10.9. The topological polar surface area (TPSA) is 92.8 Å². The lowest BCUT2D eigenvalue weighted by Gasteiger charge is -2.16. The van der Waals surface area contributed by atoms with Crippen LogP contribution >= 0.6 is 0 Å². The number of methoxy groups -OCH3 is 1. The lowest BCUT2D eigenvalue weighted by Crippen LogP contribution is -2.33. The number of ether oxygens (including phenoxy) is 1. The maximum absolute atomic E-state index is 10.9. The van der Waals surface area contributed by atoms with Crippen LogP contribution in [0.3, 0.4) is 0 Å². The number of aliphatic hydroxyl groups is 2. The molecule has 2 rings (SSSR count). The number of carbonyl (C=O) groups excluding carboxylic acids is 1. The largest absolute Gasteiger partial charge is 0.496 e. The molecule has 2 atom stereocenters. The van der Waals surface area contributed by atoms with E-state index in [4.69, 9.17) is 10.5 Å². The molecule has 0 heterocycles. The van der Waals surface area contributed by atoms with Crippen LogP contribution in [-0.2, 0) is 4.79 Å². The number of primary amides is 1. The third kappa shape index (κ3) is 3.21. The lowest BCUT2D eigenvalue weighted by molar-refractivity contribution is -0.131. The van der Waals surface area contributed by atoms with Gasteiger partial charge in [-0.1, -0.05) is 42.5 Å². The van der Waals surface area contributed by atoms with Crippen LogP contribution in [0.5, 0.6) is 5.75 Å². The third-order valence-electron chi connectivity index (χ3n) is 3.26. The number of amides is 1. The van der Waals surface area contributed by atoms with E-state index in [1.54, 1.807) is 31.4 Å². The van der Waals surface area contributed by atoms with Crippen LogP contribution in [0.15, 0.2) is 48.5 Å². The van der Waals surface area contributed by atoms with Crippen LogP contribution in [-0.4, -0.2) is 29.3 Å². The second-order valence-electron chi connectivity index (χ2n) is 4.61. The van der Waals surface area contributed by atoms with Crippen LogP contribution in [0.4, 0.5) is 0 Å². The van der Waals surface area contributed by atoms with Gasteiger partial charge in [-0.05, 0) is 17.2 Å². The monoisotopic (exact) mass is 287 g/mol. The Morgan fingerprint density at radius 1 is 1.10 bits per heavy atom. The lowest BCUT2D eigenvalue weighted by atomic mass is 9.99. The molecule has 0 aliphatic rings. The van der Waals surface area contributed by atoms with Crippen molar-refractivity contribution in [2.75, 3.05) is 7.11 Å². The van der Waals surface area contributed by atoms with Gasteiger partial charge < -0.3 is 20.7 Å². The summed E-state index contributed by atoms with van der Waals surface area (Å²) in [4.78, 5) is 10.9. The van der Waals surface area contributed by atoms with Crippen molar-refractivity contribution < 1.29 is 19.7 Å². The number of para-hydroxylation sites is 1. The summed E-state index contributed by atoms with van der Waals surface area (Å²) in [5.74, 6) is -0.223. The van der Waals surface area contributed by atoms with E-state index in [1.165, 1.54) is 0 Å². The van der Waals surface area contributed by atoms with Crippen molar-refractivity contribution >= 4 is 5.91 Å². The Kier molecular flexibility index (Phi) is 4.57. The van der Waals surface area contributed by atoms with Crippen molar-refractivity contribution in [1.29, 1.82) is 0 Å². The first-order valence-electron chi connectivity index (χ1n) is 6.43. The van der Waals surface area contributed by atoms with Crippen LogP contribution in [0.2, 0.25) is 0 Å². The molecule has 0 bridgehead atoms. The summed E-state index contributed by atoms with van der Waals surface area (Å²) in [5, 5.41) is 19.3. The molecule has 0 fully saturated rings. The highest BCUT2D eigenvalue weighted by atomic mass is 16.5. The Hall–Kier alpha value is -2.37. The van der Waals surface area contributed by atoms with E-state index in [0.29, 0.717) is 5.56 Å². The SMILES string of the molecule is COc1ccccc1-c1ccc(C(O)C(O)C(N)=O)cc1. The highest BCUT2D eigenvalue weighted by Crippen LogP contribution is 2.30. The molecular formula is C16H17NO4. The summed E-state index contributed by atoms with van der Waals surface area (Å²) >= 11 is 0. The normalized spacial score (nSPS) is 13.5. The average molecular weight is 287 g/mol. The maximum Gasteiger partial charge on any atom is 0.249 e. The molecule has 1 amide bonds. The third-order valence-corrected chi connectivity index (χ3v) is 3.26. The number of nitrogens with two attached hydrogens (primary N) is 1. The Balaban J connectivity index is 2.29. The molecule has 2 aromatic rings. The number of hydrogen-bond donors (Lipinski definition) is 3. The van der Waals surface area contributed by atoms with Crippen LogP contribution in [0, 0.1) is 0 Å². The predicted octanol–water partition coefficient (Wildman–Crippen LogP) is 1.24. The minimum absolute atomic E-state index is 0.417. The van der Waals surface area contributed by atoms with Gasteiger partial charge in [0.2, 0.25) is 5.91 Å². The van der Waals surface area contributed by atoms with Crippen molar-refractivity contribution in [2.45, 2.75) is 12.2 Å². The van der Waals surface area contributed by atoms with E-state index >= 15 is 0 Å². The summed E-state index contributed by atoms with van der Waals surface area (Å²) in [5.41, 5.74) is 7.20. The molecule has 2 unspecified atom stereocenters. The standard InChI is InChI=1S/C16H17NO4/c1-21-13-5-3-2-4-12(13)10-6-8-11(9-7-10)14(18)15(19)16(17)20/h2-9,14-15,18-19H,1H3,(H2,17,20). The zero-order chi connectivity index (χ0) is 15.4. The van der Waals surface area contributed by atoms with Crippen molar-refractivity contribution in [3.63, 3.8) is 0 Å². The van der Waals surface area contributed by atoms with Gasteiger partial charge >= 0.3 is 0 Å². The van der Waals surface area contributed by atoms with Crippen LogP contribution in [0.1, 0.15) is 11.7 Å². The first kappa shape index (κ1) is 15.0. The van der Waals surface area contributed by atoms with Gasteiger partial charge in [0, 0.05) is 5.56 Å². The fourth-order valence-electron chi connectivity index (χ4n) is 2.08. The molecule has 0 spiro atoms. The molecule has 110 valence electrons. The summed E-state index contributed by atoms with van der Waals surface area (Å²) in [6.07, 6.45) is -2.96. The van der Waals surface area contributed by atoms with Gasteiger partial charge in [0.1, 0.15) is 11.9 Å². The van der Waals surface area contributed by atoms with E-state index in [-0.39, 0.29) is 0 Å². The minimum atomic E-state index is -1.62. The Morgan fingerprint density at radius 3 is 2.29 bits per heavy atom. The summed E-state index contributed by atoms with van der Waals surface area (Å²) in [6, 6.07) is 14.4. The van der Waals surface area contributed by atoms with Gasteiger partial charge in [0.25, 0.3) is 0 Å². The average Bonchev–Trinajstić information content (AvgIpc) is 2.53. The van der Waals surface area contributed by atoms with E-state index < -0.39 is 18.1 Å². The number of benzene rings is 2. The zero-order valence-electron chi connectivity index (χ0n) is 11.6. The smallest absolute Gasteiger partial charge is 0.249 e. The molecule has 0 radical (unpaired) electrons. The van der Waals surface area contributed by atoms with Gasteiger partial charge in [0.15, 0.2) is 6.10 Å². The Bertz CT molecular complexity index is 624. The van der Waals surface area contributed by atoms with E-state index in [9.17, 15) is 15.0 Å². The molecule has 4 N–H and O–H groups in total. The Labute approximate surface area is 122 Å². The molecule has 0 aliphatic carbocycles. The van der Waals surface area contributed by atoms with Crippen molar-refractivity contribution in [3.8, 4) is 16.9 Å². The van der Waals surface area contributed by atoms with Gasteiger partial charge in [-0.2, -0.15) is 0 Å². The first-order chi connectivity index (χ1) is 10.0. The summed E-state index contributed by atoms with van der Waals surface area (Å²) in [7, 11) is 1.60. The molecule has 0 saturated heterocycles. The van der Waals surface area contributed by atoms with Gasteiger partial charge in [-0.3, -0.25) is 4.79 Å². The van der Waals surface area contributed by atoms with Gasteiger partial charge in [-0.15, -0.1) is 0 Å². The van der Waals surface area contributed by atoms with Gasteiger partial charge in [-0.25, -0.2) is 0 Å². The molecule has 5 nitrogen and oxygen atoms in total. The van der Waals surface area contributed by atoms with Gasteiger partial charge in [0.05, 0.1) is 7.11 Å². The number of aliphatic hydroxyl groups excluding tert-OH is 2. The fourth-order valence-corrected chi connectivity index (χ4v) is 2.08. The molecular weight excluding hydrogens is 270 g/mol. The first-order valence-corrected chi connectivity index (χ1v) is 6.43. The molecule has 0 aromatic heterocycles. The second kappa shape index (κ2) is 6.39. The molecule has 0 aliphatic heterocycles. The van der Waals surface area contributed by atoms with Crippen molar-refractivity contribution in [3.05, 3.63) is 54.1 Å². The highest BCUT2D eigenvalue weighted by Gasteiger charge is 2.23. The Morgan fingerprint density at radius 2 is 1.71 bits per heavy atom. The molecule has 5 heteroatoms. The number of carbonyl (C=O) groups is 1. The highest BCUT2D eigenvalue weighted by molar-refractivity contribution is 5.79. The number of rotatable bonds is 5. The predicted molar refractivity (Wildman–Crippen MR) is 78.6 cm³/mol. The fraction of sp³-hybridized carbons (Fsp3) is 0.188.